The molecule has 2 aromatic heterocycles. The number of nitrogen functional groups attached to an aromatic ring is 1. The number of likely N-dealkylation sites (tertiary alicyclic amines) is 1. The number of thiophene rings is 1. The van der Waals surface area contributed by atoms with E-state index in [0.717, 1.165) is 50.0 Å². The lowest BCUT2D eigenvalue weighted by Gasteiger charge is -2.32. The summed E-state index contributed by atoms with van der Waals surface area (Å²) in [6.07, 6.45) is 4.12. The number of alkyl halides is 1. The first-order valence-electron chi connectivity index (χ1n) is 16.5. The molecule has 8 rings (SSSR count). The number of halogens is 4. The van der Waals surface area contributed by atoms with Gasteiger partial charge in [-0.1, -0.05) is 17.7 Å². The maximum Gasteiger partial charge on any atom is 0.319 e. The van der Waals surface area contributed by atoms with Crippen LogP contribution in [0.4, 0.5) is 24.0 Å². The summed E-state index contributed by atoms with van der Waals surface area (Å²) < 4.78 is 59.5. The minimum absolute atomic E-state index is 0.0243. The Balaban J connectivity index is 1.32. The van der Waals surface area contributed by atoms with Crippen molar-refractivity contribution < 1.29 is 27.4 Å². The van der Waals surface area contributed by atoms with Crippen molar-refractivity contribution in [3.63, 3.8) is 0 Å². The standard InChI is InChI=1S/C34H33ClF3N7O3S/c35-26-24(20-4-5-22(37)30-23(20)21(14-39)31(40)49-30)27(38)28-25-29(26)47-12-11-45(19-3-1-8-43(17-46)10-6-19)32(25)42-33(41-28)48-16-34-7-2-9-44(34)15-18(36)13-34/h4-5,17-19H,1-3,6-13,15-16,40H2/t18-,19?,34+/m1/s1. The van der Waals surface area contributed by atoms with Gasteiger partial charge in [0.2, 0.25) is 6.41 Å². The van der Waals surface area contributed by atoms with Crippen molar-refractivity contribution in [2.24, 2.45) is 0 Å². The van der Waals surface area contributed by atoms with Crippen molar-refractivity contribution in [1.82, 2.24) is 19.8 Å². The van der Waals surface area contributed by atoms with Crippen molar-refractivity contribution in [3.8, 4) is 29.0 Å². The molecule has 2 aromatic carbocycles. The van der Waals surface area contributed by atoms with Crippen LogP contribution < -0.4 is 20.1 Å². The summed E-state index contributed by atoms with van der Waals surface area (Å²) >= 11 is 7.95. The molecule has 256 valence electrons. The summed E-state index contributed by atoms with van der Waals surface area (Å²) in [5.41, 5.74) is 5.59. The van der Waals surface area contributed by atoms with E-state index < -0.39 is 23.3 Å². The molecule has 0 saturated carbocycles. The van der Waals surface area contributed by atoms with E-state index in [1.54, 1.807) is 4.90 Å². The topological polar surface area (TPSA) is 121 Å². The Kier molecular flexibility index (Phi) is 8.12. The largest absolute Gasteiger partial charge is 0.489 e. The molecule has 49 heavy (non-hydrogen) atoms. The highest BCUT2D eigenvalue weighted by Gasteiger charge is 2.49. The van der Waals surface area contributed by atoms with Crippen molar-refractivity contribution in [3.05, 3.63) is 34.4 Å². The number of benzene rings is 2. The molecule has 0 spiro atoms. The van der Waals surface area contributed by atoms with Crippen molar-refractivity contribution in [2.45, 2.75) is 56.3 Å². The molecule has 6 heterocycles. The lowest BCUT2D eigenvalue weighted by Crippen LogP contribution is -2.43. The van der Waals surface area contributed by atoms with Gasteiger partial charge in [0.1, 0.15) is 47.6 Å². The molecule has 0 bridgehead atoms. The van der Waals surface area contributed by atoms with Crippen LogP contribution in [0.5, 0.6) is 11.8 Å². The third-order valence-corrected chi connectivity index (χ3v) is 11.9. The fourth-order valence-electron chi connectivity index (χ4n) is 8.26. The Bertz CT molecular complexity index is 2040. The van der Waals surface area contributed by atoms with Crippen LogP contribution in [0, 0.1) is 23.0 Å². The van der Waals surface area contributed by atoms with Gasteiger partial charge in [0.15, 0.2) is 11.6 Å². The van der Waals surface area contributed by atoms with E-state index in [1.807, 2.05) is 6.07 Å². The van der Waals surface area contributed by atoms with Gasteiger partial charge in [-0.15, -0.1) is 11.3 Å². The molecule has 3 atom stereocenters. The molecular weight excluding hydrogens is 679 g/mol. The summed E-state index contributed by atoms with van der Waals surface area (Å²) in [4.78, 5) is 27.0. The van der Waals surface area contributed by atoms with E-state index in [2.05, 4.69) is 14.8 Å². The van der Waals surface area contributed by atoms with Crippen molar-refractivity contribution in [2.75, 3.05) is 56.6 Å². The zero-order chi connectivity index (χ0) is 34.0. The number of carbonyl (C=O) groups excluding carboxylic acids is 1. The van der Waals surface area contributed by atoms with Crippen LogP contribution >= 0.6 is 22.9 Å². The van der Waals surface area contributed by atoms with Crippen LogP contribution in [-0.2, 0) is 4.79 Å². The highest BCUT2D eigenvalue weighted by molar-refractivity contribution is 7.23. The molecule has 0 aliphatic carbocycles. The monoisotopic (exact) mass is 711 g/mol. The van der Waals surface area contributed by atoms with Gasteiger partial charge in [-0.25, -0.2) is 13.2 Å². The van der Waals surface area contributed by atoms with Gasteiger partial charge in [-0.2, -0.15) is 15.2 Å². The summed E-state index contributed by atoms with van der Waals surface area (Å²) in [5, 5.41) is 10.4. The molecule has 2 N–H and O–H groups in total. The van der Waals surface area contributed by atoms with Crippen molar-refractivity contribution in [1.29, 1.82) is 5.26 Å². The molecule has 4 aliphatic rings. The van der Waals surface area contributed by atoms with E-state index in [4.69, 9.17) is 31.8 Å². The highest BCUT2D eigenvalue weighted by Crippen LogP contribution is 2.51. The lowest BCUT2D eigenvalue weighted by molar-refractivity contribution is -0.118. The fourth-order valence-corrected chi connectivity index (χ4v) is 9.54. The summed E-state index contributed by atoms with van der Waals surface area (Å²) in [6, 6.07) is 4.48. The maximum absolute atomic E-state index is 17.2. The van der Waals surface area contributed by atoms with Gasteiger partial charge in [0.05, 0.1) is 32.8 Å². The fraction of sp³-hybridized carbons (Fsp3) is 0.471. The number of fused-ring (bicyclic) bond motifs is 2. The summed E-state index contributed by atoms with van der Waals surface area (Å²) in [5.74, 6) is -0.862. The molecule has 1 amide bonds. The van der Waals surface area contributed by atoms with Gasteiger partial charge in [-0.05, 0) is 50.3 Å². The number of nitrogens with two attached hydrogens (primary N) is 1. The molecule has 4 aliphatic heterocycles. The van der Waals surface area contributed by atoms with Crippen LogP contribution in [-0.4, -0.2) is 89.9 Å². The maximum atomic E-state index is 17.2. The molecular formula is C34H33ClF3N7O3S. The van der Waals surface area contributed by atoms with Crippen LogP contribution in [0.15, 0.2) is 12.1 Å². The SMILES string of the molecule is N#Cc1c(N)sc2c(F)ccc(-c3c(Cl)c4c5c(nc(OC[C@@]67CCCN6C[C@H](F)C7)nc5c3F)N(C3CCCN(C=O)CC3)CCO4)c12. The molecule has 3 saturated heterocycles. The van der Waals surface area contributed by atoms with Crippen LogP contribution in [0.2, 0.25) is 5.02 Å². The average molecular weight is 712 g/mol. The lowest BCUT2D eigenvalue weighted by atomic mass is 9.95. The quantitative estimate of drug-likeness (QED) is 0.238. The predicted molar refractivity (Wildman–Crippen MR) is 181 cm³/mol. The van der Waals surface area contributed by atoms with Gasteiger partial charge in [0.25, 0.3) is 0 Å². The third kappa shape index (κ3) is 5.20. The second-order valence-electron chi connectivity index (χ2n) is 13.3. The number of nitrogens with zero attached hydrogens (tertiary/aromatic N) is 6. The van der Waals surface area contributed by atoms with Gasteiger partial charge in [0, 0.05) is 43.0 Å². The Morgan fingerprint density at radius 1 is 1.18 bits per heavy atom. The van der Waals surface area contributed by atoms with Crippen LogP contribution in [0.25, 0.3) is 32.1 Å². The normalized spacial score (nSPS) is 24.1. The number of carbonyl (C=O) groups is 1. The number of ether oxygens (including phenoxy) is 2. The first-order valence-corrected chi connectivity index (χ1v) is 17.7. The molecule has 15 heteroatoms. The van der Waals surface area contributed by atoms with E-state index in [0.29, 0.717) is 44.8 Å². The van der Waals surface area contributed by atoms with E-state index in [9.17, 15) is 14.4 Å². The van der Waals surface area contributed by atoms with Crippen LogP contribution in [0.3, 0.4) is 0 Å². The first kappa shape index (κ1) is 32.2. The number of rotatable bonds is 6. The zero-order valence-electron chi connectivity index (χ0n) is 26.5. The highest BCUT2D eigenvalue weighted by atomic mass is 35.5. The van der Waals surface area contributed by atoms with Crippen LogP contribution in [0.1, 0.15) is 44.1 Å². The summed E-state index contributed by atoms with van der Waals surface area (Å²) in [7, 11) is 0. The number of aromatic nitrogens is 2. The summed E-state index contributed by atoms with van der Waals surface area (Å²) in [6.45, 7) is 3.03. The van der Waals surface area contributed by atoms with Gasteiger partial charge in [-0.3, -0.25) is 9.69 Å². The number of amides is 1. The second kappa shape index (κ2) is 12.4. The van der Waals surface area contributed by atoms with E-state index in [-0.39, 0.29) is 78.7 Å². The Morgan fingerprint density at radius 3 is 2.86 bits per heavy atom. The van der Waals surface area contributed by atoms with Crippen molar-refractivity contribution >= 4 is 61.2 Å². The van der Waals surface area contributed by atoms with Gasteiger partial charge >= 0.3 is 6.01 Å². The molecule has 0 radical (unpaired) electrons. The predicted octanol–water partition coefficient (Wildman–Crippen LogP) is 6.06. The van der Waals surface area contributed by atoms with E-state index >= 15 is 8.78 Å². The number of nitriles is 1. The number of anilines is 2. The molecule has 10 nitrogen and oxygen atoms in total. The minimum atomic E-state index is -0.957. The molecule has 3 fully saturated rings. The molecule has 4 aromatic rings. The number of hydrogen-bond donors (Lipinski definition) is 1. The van der Waals surface area contributed by atoms with Gasteiger partial charge < -0.3 is 25.0 Å². The Hall–Kier alpha value is -4.06. The van der Waals surface area contributed by atoms with E-state index in [1.165, 1.54) is 12.1 Å². The number of hydrogen-bond acceptors (Lipinski definition) is 10. The Morgan fingerprint density at radius 2 is 2.04 bits per heavy atom. The Labute approximate surface area is 289 Å². The zero-order valence-corrected chi connectivity index (χ0v) is 28.1. The third-order valence-electron chi connectivity index (χ3n) is 10.5. The first-order chi connectivity index (χ1) is 23.7. The minimum Gasteiger partial charge on any atom is -0.489 e. The smallest absolute Gasteiger partial charge is 0.319 e. The second-order valence-corrected chi connectivity index (χ2v) is 14.7. The molecule has 1 unspecified atom stereocenters. The average Bonchev–Trinajstić information content (AvgIpc) is 3.59.